The van der Waals surface area contributed by atoms with Crippen molar-refractivity contribution in [2.45, 2.75) is 19.8 Å². The number of nitrogens with zero attached hydrogens (tertiary/aromatic N) is 2. The van der Waals surface area contributed by atoms with E-state index in [9.17, 15) is 5.26 Å². The van der Waals surface area contributed by atoms with Gasteiger partial charge in [0.05, 0.1) is 27.2 Å². The molecule has 1 aliphatic rings. The quantitative estimate of drug-likeness (QED) is 0.594. The number of rotatable bonds is 2. The number of aromatic amines is 1. The summed E-state index contributed by atoms with van der Waals surface area (Å²) in [5, 5.41) is 17.9. The highest BCUT2D eigenvalue weighted by Gasteiger charge is 2.36. The lowest BCUT2D eigenvalue weighted by molar-refractivity contribution is 0.379. The molecule has 136 valence electrons. The summed E-state index contributed by atoms with van der Waals surface area (Å²) in [7, 11) is 0. The zero-order valence-electron chi connectivity index (χ0n) is 14.4. The molecule has 1 atom stereocenters. The highest BCUT2D eigenvalue weighted by molar-refractivity contribution is 7.12. The number of hydrogen-bond acceptors (Lipinski definition) is 5. The minimum absolute atomic E-state index is 0.0392. The SMILES string of the molecule is Cc1cc(-c2[nH]nc3c2C(c2ccc(Cl)c(Cl)c2)C(C#N)=C(N)O3)c(C)s1. The van der Waals surface area contributed by atoms with Gasteiger partial charge in [-0.2, -0.15) is 5.26 Å². The second-order valence-electron chi connectivity index (χ2n) is 6.24. The Morgan fingerprint density at radius 2 is 2.04 bits per heavy atom. The third-order valence-corrected chi connectivity index (χ3v) is 6.23. The summed E-state index contributed by atoms with van der Waals surface area (Å²) in [5.41, 5.74) is 9.71. The molecule has 2 aromatic heterocycles. The summed E-state index contributed by atoms with van der Waals surface area (Å²) in [6.07, 6.45) is 0. The lowest BCUT2D eigenvalue weighted by Gasteiger charge is -2.24. The number of aromatic nitrogens is 2. The fraction of sp³-hybridized carbons (Fsp3) is 0.158. The number of H-pyrrole nitrogens is 1. The van der Waals surface area contributed by atoms with E-state index in [0.29, 0.717) is 21.5 Å². The normalized spacial score (nSPS) is 16.0. The molecule has 0 radical (unpaired) electrons. The number of allylic oxidation sites excluding steroid dienone is 1. The van der Waals surface area contributed by atoms with Crippen molar-refractivity contribution in [3.63, 3.8) is 0 Å². The van der Waals surface area contributed by atoms with Crippen LogP contribution in [-0.2, 0) is 0 Å². The molecule has 0 spiro atoms. The smallest absolute Gasteiger partial charge is 0.244 e. The van der Waals surface area contributed by atoms with Crippen LogP contribution in [0.5, 0.6) is 5.88 Å². The average Bonchev–Trinajstić information content (AvgIpc) is 3.18. The molecule has 3 heterocycles. The lowest BCUT2D eigenvalue weighted by Crippen LogP contribution is -2.21. The van der Waals surface area contributed by atoms with E-state index in [4.69, 9.17) is 33.7 Å². The van der Waals surface area contributed by atoms with Crippen molar-refractivity contribution in [1.29, 1.82) is 5.26 Å². The molecule has 0 bridgehead atoms. The minimum Gasteiger partial charge on any atom is -0.420 e. The molecule has 1 unspecified atom stereocenters. The maximum atomic E-state index is 9.74. The van der Waals surface area contributed by atoms with Gasteiger partial charge in [0.2, 0.25) is 11.8 Å². The number of halogens is 2. The molecule has 5 nitrogen and oxygen atoms in total. The number of nitriles is 1. The Hall–Kier alpha value is -2.46. The monoisotopic (exact) mass is 416 g/mol. The molecule has 27 heavy (non-hydrogen) atoms. The number of fused-ring (bicyclic) bond motifs is 1. The average molecular weight is 417 g/mol. The van der Waals surface area contributed by atoms with Gasteiger partial charge in [-0.3, -0.25) is 5.10 Å². The van der Waals surface area contributed by atoms with Crippen LogP contribution in [0.4, 0.5) is 0 Å². The molecule has 8 heteroatoms. The van der Waals surface area contributed by atoms with Gasteiger partial charge in [-0.15, -0.1) is 16.4 Å². The topological polar surface area (TPSA) is 87.7 Å². The van der Waals surface area contributed by atoms with E-state index in [1.54, 1.807) is 23.5 Å². The molecule has 0 aliphatic carbocycles. The predicted octanol–water partition coefficient (Wildman–Crippen LogP) is 5.28. The Balaban J connectivity index is 1.98. The predicted molar refractivity (Wildman–Crippen MR) is 107 cm³/mol. The van der Waals surface area contributed by atoms with E-state index < -0.39 is 5.92 Å². The number of ether oxygens (including phenoxy) is 1. The minimum atomic E-state index is -0.457. The van der Waals surface area contributed by atoms with Gasteiger partial charge in [-0.1, -0.05) is 29.3 Å². The standard InChI is InChI=1S/C19H14Cl2N4OS/c1-8-5-11(9(2)27-8)17-16-15(10-3-4-13(20)14(21)6-10)12(7-22)18(23)26-19(16)25-24-17/h3-6,15H,23H2,1-2H3,(H,24,25). The number of nitrogens with one attached hydrogen (secondary N) is 1. The summed E-state index contributed by atoms with van der Waals surface area (Å²) in [6.45, 7) is 4.10. The first-order valence-electron chi connectivity index (χ1n) is 8.09. The van der Waals surface area contributed by atoms with Gasteiger partial charge >= 0.3 is 0 Å². The van der Waals surface area contributed by atoms with Gasteiger partial charge in [0.15, 0.2) is 0 Å². The van der Waals surface area contributed by atoms with Gasteiger partial charge in [-0.25, -0.2) is 0 Å². The van der Waals surface area contributed by atoms with Crippen LogP contribution >= 0.6 is 34.5 Å². The molecule has 4 rings (SSSR count). The van der Waals surface area contributed by atoms with Gasteiger partial charge in [0.1, 0.15) is 11.6 Å². The molecule has 1 aliphatic heterocycles. The summed E-state index contributed by atoms with van der Waals surface area (Å²) < 4.78 is 5.63. The van der Waals surface area contributed by atoms with Crippen LogP contribution in [0.2, 0.25) is 10.0 Å². The molecular weight excluding hydrogens is 403 g/mol. The maximum absolute atomic E-state index is 9.74. The Kier molecular flexibility index (Phi) is 4.39. The number of hydrogen-bond donors (Lipinski definition) is 2. The van der Waals surface area contributed by atoms with Gasteiger partial charge < -0.3 is 10.5 Å². The number of thiophene rings is 1. The van der Waals surface area contributed by atoms with Crippen molar-refractivity contribution in [3.8, 4) is 23.2 Å². The van der Waals surface area contributed by atoms with Crippen molar-refractivity contribution < 1.29 is 4.74 Å². The van der Waals surface area contributed by atoms with Gasteiger partial charge in [0, 0.05) is 15.3 Å². The Labute approximate surface area is 170 Å². The van der Waals surface area contributed by atoms with Crippen molar-refractivity contribution >= 4 is 34.5 Å². The molecule has 0 saturated carbocycles. The molecule has 0 amide bonds. The van der Waals surface area contributed by atoms with Gasteiger partial charge in [0.25, 0.3) is 0 Å². The lowest BCUT2D eigenvalue weighted by atomic mass is 9.83. The Bertz CT molecular complexity index is 1140. The van der Waals surface area contributed by atoms with Crippen LogP contribution in [0, 0.1) is 25.2 Å². The molecule has 0 fully saturated rings. The van der Waals surface area contributed by atoms with E-state index >= 15 is 0 Å². The number of nitrogens with two attached hydrogens (primary N) is 1. The van der Waals surface area contributed by atoms with Crippen LogP contribution in [0.15, 0.2) is 35.7 Å². The summed E-state index contributed by atoms with van der Waals surface area (Å²) in [4.78, 5) is 2.33. The zero-order chi connectivity index (χ0) is 19.3. The van der Waals surface area contributed by atoms with Crippen LogP contribution in [0.3, 0.4) is 0 Å². The van der Waals surface area contributed by atoms with Crippen LogP contribution in [0.25, 0.3) is 11.3 Å². The third kappa shape index (κ3) is 2.88. The largest absolute Gasteiger partial charge is 0.420 e. The fourth-order valence-corrected chi connectivity index (χ4v) is 4.59. The first-order chi connectivity index (χ1) is 12.9. The van der Waals surface area contributed by atoms with Crippen molar-refractivity contribution in [2.75, 3.05) is 0 Å². The summed E-state index contributed by atoms with van der Waals surface area (Å²) in [5.74, 6) is -0.0555. The Morgan fingerprint density at radius 3 is 2.67 bits per heavy atom. The third-order valence-electron chi connectivity index (χ3n) is 4.53. The molecule has 1 aromatic carbocycles. The first kappa shape index (κ1) is 17.9. The number of benzene rings is 1. The molecule has 0 saturated heterocycles. The maximum Gasteiger partial charge on any atom is 0.244 e. The van der Waals surface area contributed by atoms with E-state index in [1.807, 2.05) is 13.0 Å². The van der Waals surface area contributed by atoms with Gasteiger partial charge in [-0.05, 0) is 37.6 Å². The Morgan fingerprint density at radius 1 is 1.26 bits per heavy atom. The zero-order valence-corrected chi connectivity index (χ0v) is 16.8. The highest BCUT2D eigenvalue weighted by atomic mass is 35.5. The van der Waals surface area contributed by atoms with Crippen LogP contribution < -0.4 is 10.5 Å². The summed E-state index contributed by atoms with van der Waals surface area (Å²) in [6, 6.07) is 9.56. The van der Waals surface area contributed by atoms with E-state index in [0.717, 1.165) is 27.3 Å². The van der Waals surface area contributed by atoms with Crippen molar-refractivity contribution in [3.05, 3.63) is 66.6 Å². The van der Waals surface area contributed by atoms with E-state index in [1.165, 1.54) is 4.88 Å². The second-order valence-corrected chi connectivity index (χ2v) is 8.52. The van der Waals surface area contributed by atoms with Crippen molar-refractivity contribution in [2.24, 2.45) is 5.73 Å². The van der Waals surface area contributed by atoms with Crippen molar-refractivity contribution in [1.82, 2.24) is 10.2 Å². The summed E-state index contributed by atoms with van der Waals surface area (Å²) >= 11 is 14.0. The fourth-order valence-electron chi connectivity index (χ4n) is 3.35. The number of aryl methyl sites for hydroxylation is 2. The molecular formula is C19H14Cl2N4OS. The van der Waals surface area contributed by atoms with E-state index in [-0.39, 0.29) is 5.88 Å². The highest BCUT2D eigenvalue weighted by Crippen LogP contribution is 2.47. The molecule has 3 aromatic rings. The van der Waals surface area contributed by atoms with E-state index in [2.05, 4.69) is 29.3 Å². The van der Waals surface area contributed by atoms with Crippen LogP contribution in [0.1, 0.15) is 26.8 Å². The second kappa shape index (κ2) is 6.61. The first-order valence-corrected chi connectivity index (χ1v) is 9.66. The molecule has 3 N–H and O–H groups in total. The van der Waals surface area contributed by atoms with Crippen LogP contribution in [-0.4, -0.2) is 10.2 Å².